The monoisotopic (exact) mass is 228 g/mol. The fraction of sp³-hybridized carbons (Fsp3) is 0.917. The average Bonchev–Trinajstić information content (AvgIpc) is 2.17. The van der Waals surface area contributed by atoms with Crippen LogP contribution in [0.4, 0.5) is 0 Å². The third-order valence-electron chi connectivity index (χ3n) is 2.63. The lowest BCUT2D eigenvalue weighted by Crippen LogP contribution is -2.44. The van der Waals surface area contributed by atoms with E-state index in [1.807, 2.05) is 0 Å². The minimum atomic E-state index is 0.118. The highest BCUT2D eigenvalue weighted by Gasteiger charge is 2.17. The molecular weight excluding hydrogens is 204 g/mol. The third-order valence-corrected chi connectivity index (χ3v) is 2.63. The van der Waals surface area contributed by atoms with Gasteiger partial charge in [-0.1, -0.05) is 20.8 Å². The Bertz CT molecular complexity index is 218. The second-order valence-electron chi connectivity index (χ2n) is 5.59. The predicted octanol–water partition coefficient (Wildman–Crippen LogP) is 0.917. The molecule has 0 aromatic carbocycles. The van der Waals surface area contributed by atoms with Crippen molar-refractivity contribution in [3.8, 4) is 0 Å². The van der Waals surface area contributed by atoms with Crippen molar-refractivity contribution in [2.75, 3.05) is 26.3 Å². The molecule has 0 saturated carbocycles. The third kappa shape index (κ3) is 6.08. The number of nitrogens with one attached hydrogen (secondary N) is 2. The van der Waals surface area contributed by atoms with Crippen molar-refractivity contribution in [2.45, 2.75) is 39.7 Å². The molecule has 16 heavy (non-hydrogen) atoms. The van der Waals surface area contributed by atoms with Crippen LogP contribution in [0.3, 0.4) is 0 Å². The van der Waals surface area contributed by atoms with Crippen molar-refractivity contribution in [3.63, 3.8) is 0 Å². The Kier molecular flexibility index (Phi) is 5.22. The van der Waals surface area contributed by atoms with Crippen molar-refractivity contribution in [2.24, 2.45) is 5.41 Å². The van der Waals surface area contributed by atoms with Gasteiger partial charge in [0.2, 0.25) is 5.91 Å². The van der Waals surface area contributed by atoms with Gasteiger partial charge in [0.05, 0.1) is 13.2 Å². The van der Waals surface area contributed by atoms with E-state index in [4.69, 9.17) is 4.74 Å². The van der Waals surface area contributed by atoms with Gasteiger partial charge in [0, 0.05) is 25.6 Å². The largest absolute Gasteiger partial charge is 0.378 e. The highest BCUT2D eigenvalue weighted by atomic mass is 16.5. The van der Waals surface area contributed by atoms with Crippen LogP contribution in [0.25, 0.3) is 0 Å². The van der Waals surface area contributed by atoms with Crippen LogP contribution in [0.5, 0.6) is 0 Å². The molecule has 1 atom stereocenters. The first-order valence-corrected chi connectivity index (χ1v) is 6.05. The van der Waals surface area contributed by atoms with Crippen LogP contribution in [0.1, 0.15) is 33.6 Å². The number of morpholine rings is 1. The summed E-state index contributed by atoms with van der Waals surface area (Å²) in [4.78, 5) is 11.6. The zero-order valence-corrected chi connectivity index (χ0v) is 10.6. The van der Waals surface area contributed by atoms with E-state index in [-0.39, 0.29) is 17.4 Å². The topological polar surface area (TPSA) is 50.4 Å². The van der Waals surface area contributed by atoms with E-state index in [0.717, 1.165) is 26.1 Å². The maximum atomic E-state index is 11.6. The summed E-state index contributed by atoms with van der Waals surface area (Å²) in [6.45, 7) is 9.53. The lowest BCUT2D eigenvalue weighted by molar-refractivity contribution is -0.122. The smallest absolute Gasteiger partial charge is 0.221 e. The molecule has 0 aromatic heterocycles. The molecule has 1 aliphatic rings. The van der Waals surface area contributed by atoms with Gasteiger partial charge in [-0.25, -0.2) is 0 Å². The molecule has 1 saturated heterocycles. The quantitative estimate of drug-likeness (QED) is 0.752. The summed E-state index contributed by atoms with van der Waals surface area (Å²) in [5.41, 5.74) is 0.277. The lowest BCUT2D eigenvalue weighted by Gasteiger charge is -2.23. The minimum Gasteiger partial charge on any atom is -0.378 e. The summed E-state index contributed by atoms with van der Waals surface area (Å²) >= 11 is 0. The summed E-state index contributed by atoms with van der Waals surface area (Å²) in [5, 5.41) is 6.22. The maximum Gasteiger partial charge on any atom is 0.221 e. The summed E-state index contributed by atoms with van der Waals surface area (Å²) in [7, 11) is 0. The summed E-state index contributed by atoms with van der Waals surface area (Å²) in [5.74, 6) is 0.118. The fourth-order valence-electron chi connectivity index (χ4n) is 1.62. The number of rotatable bonds is 4. The van der Waals surface area contributed by atoms with Gasteiger partial charge in [-0.3, -0.25) is 4.79 Å². The van der Waals surface area contributed by atoms with Crippen LogP contribution in [0.2, 0.25) is 0 Å². The number of carbonyl (C=O) groups is 1. The molecule has 0 spiro atoms. The van der Waals surface area contributed by atoms with Gasteiger partial charge in [-0.15, -0.1) is 0 Å². The van der Waals surface area contributed by atoms with Gasteiger partial charge in [-0.2, -0.15) is 0 Å². The van der Waals surface area contributed by atoms with Gasteiger partial charge in [0.15, 0.2) is 0 Å². The Morgan fingerprint density at radius 1 is 1.50 bits per heavy atom. The summed E-state index contributed by atoms with van der Waals surface area (Å²) in [6.07, 6.45) is 1.53. The summed E-state index contributed by atoms with van der Waals surface area (Å²) < 4.78 is 5.30. The SMILES string of the molecule is CC(C)(C)CCNC(=O)CC1COCCN1. The molecule has 1 rings (SSSR count). The predicted molar refractivity (Wildman–Crippen MR) is 64.3 cm³/mol. The van der Waals surface area contributed by atoms with Gasteiger partial charge >= 0.3 is 0 Å². The second-order valence-corrected chi connectivity index (χ2v) is 5.59. The first-order valence-electron chi connectivity index (χ1n) is 6.05. The fourth-order valence-corrected chi connectivity index (χ4v) is 1.62. The van der Waals surface area contributed by atoms with Crippen molar-refractivity contribution < 1.29 is 9.53 Å². The Hall–Kier alpha value is -0.610. The second kappa shape index (κ2) is 6.21. The normalized spacial score (nSPS) is 21.8. The van der Waals surface area contributed by atoms with E-state index in [1.54, 1.807) is 0 Å². The number of hydrogen-bond donors (Lipinski definition) is 2. The maximum absolute atomic E-state index is 11.6. The molecule has 0 aromatic rings. The standard InChI is InChI=1S/C12H24N2O2/c1-12(2,3)4-5-14-11(15)8-10-9-16-7-6-13-10/h10,13H,4-9H2,1-3H3,(H,14,15). The van der Waals surface area contributed by atoms with Crippen LogP contribution >= 0.6 is 0 Å². The van der Waals surface area contributed by atoms with E-state index >= 15 is 0 Å². The highest BCUT2D eigenvalue weighted by Crippen LogP contribution is 2.16. The molecule has 1 heterocycles. The number of carbonyl (C=O) groups excluding carboxylic acids is 1. The molecular formula is C12H24N2O2. The Balaban J connectivity index is 2.10. The van der Waals surface area contributed by atoms with Crippen molar-refractivity contribution >= 4 is 5.91 Å². The first kappa shape index (κ1) is 13.5. The van der Waals surface area contributed by atoms with Crippen molar-refractivity contribution in [1.29, 1.82) is 0 Å². The molecule has 2 N–H and O–H groups in total. The zero-order valence-electron chi connectivity index (χ0n) is 10.6. The minimum absolute atomic E-state index is 0.118. The van der Waals surface area contributed by atoms with E-state index in [9.17, 15) is 4.79 Å². The van der Waals surface area contributed by atoms with Crippen LogP contribution in [-0.2, 0) is 9.53 Å². The van der Waals surface area contributed by atoms with Crippen molar-refractivity contribution in [3.05, 3.63) is 0 Å². The average molecular weight is 228 g/mol. The Morgan fingerprint density at radius 2 is 2.25 bits per heavy atom. The van der Waals surface area contributed by atoms with Crippen LogP contribution < -0.4 is 10.6 Å². The van der Waals surface area contributed by atoms with E-state index < -0.39 is 0 Å². The van der Waals surface area contributed by atoms with Crippen molar-refractivity contribution in [1.82, 2.24) is 10.6 Å². The molecule has 4 heteroatoms. The van der Waals surface area contributed by atoms with E-state index in [2.05, 4.69) is 31.4 Å². The first-order chi connectivity index (χ1) is 7.47. The molecule has 0 aliphatic carbocycles. The van der Waals surface area contributed by atoms with Crippen LogP contribution in [-0.4, -0.2) is 38.3 Å². The molecule has 1 unspecified atom stereocenters. The molecule has 0 radical (unpaired) electrons. The number of ether oxygens (including phenoxy) is 1. The molecule has 94 valence electrons. The highest BCUT2D eigenvalue weighted by molar-refractivity contribution is 5.76. The molecule has 4 nitrogen and oxygen atoms in total. The Morgan fingerprint density at radius 3 is 2.81 bits per heavy atom. The van der Waals surface area contributed by atoms with Gasteiger partial charge in [0.1, 0.15) is 0 Å². The van der Waals surface area contributed by atoms with Gasteiger partial charge in [-0.05, 0) is 11.8 Å². The molecule has 1 fully saturated rings. The van der Waals surface area contributed by atoms with Crippen LogP contribution in [0, 0.1) is 5.41 Å². The van der Waals surface area contributed by atoms with E-state index in [0.29, 0.717) is 13.0 Å². The van der Waals surface area contributed by atoms with Gasteiger partial charge in [0.25, 0.3) is 0 Å². The van der Waals surface area contributed by atoms with Crippen LogP contribution in [0.15, 0.2) is 0 Å². The molecule has 1 amide bonds. The van der Waals surface area contributed by atoms with Gasteiger partial charge < -0.3 is 15.4 Å². The zero-order chi connectivity index (χ0) is 12.0. The molecule has 1 aliphatic heterocycles. The lowest BCUT2D eigenvalue weighted by atomic mass is 9.92. The molecule has 0 bridgehead atoms. The summed E-state index contributed by atoms with van der Waals surface area (Å²) in [6, 6.07) is 0.184. The van der Waals surface area contributed by atoms with E-state index in [1.165, 1.54) is 0 Å². The Labute approximate surface area is 98.1 Å². The number of hydrogen-bond acceptors (Lipinski definition) is 3. The number of amides is 1.